The van der Waals surface area contributed by atoms with Crippen LogP contribution in [-0.4, -0.2) is 271 Å². The third kappa shape index (κ3) is 14.4. The van der Waals surface area contributed by atoms with Gasteiger partial charge in [-0.15, -0.1) is 0 Å². The van der Waals surface area contributed by atoms with Crippen molar-refractivity contribution < 1.29 is 160 Å². The van der Waals surface area contributed by atoms with Crippen molar-refractivity contribution in [2.75, 3.05) is 79.3 Å². The van der Waals surface area contributed by atoms with Crippen LogP contribution in [-0.2, 0) is 117 Å². The molecule has 100 heavy (non-hydrogen) atoms. The largest absolute Gasteiger partial charge is 0.479 e. The summed E-state index contributed by atoms with van der Waals surface area (Å²) in [7, 11) is -27.0. The van der Waals surface area contributed by atoms with E-state index >= 15 is 0 Å². The first kappa shape index (κ1) is 90.2. The molecule has 13 N–H and O–H groups in total. The second-order valence-electron chi connectivity index (χ2n) is 31.1. The molecule has 4 fully saturated rings. The van der Waals surface area contributed by atoms with Gasteiger partial charge in [-0.3, -0.25) is 22.8 Å². The summed E-state index contributed by atoms with van der Waals surface area (Å²) < 4.78 is 254. The van der Waals surface area contributed by atoms with Crippen LogP contribution >= 0.6 is 0 Å². The number of nitrogens with one attached hydrogen (secondary N) is 2. The third-order valence-corrected chi connectivity index (χ3v) is 28.3. The predicted octanol–water partition coefficient (Wildman–Crippen LogP) is 1.43. The molecule has 42 heteroatoms. The Balaban J connectivity index is 1.83. The van der Waals surface area contributed by atoms with Crippen LogP contribution in [0.1, 0.15) is 166 Å². The number of ether oxygens (including phenoxy) is 9. The summed E-state index contributed by atoms with van der Waals surface area (Å²) in [5, 5.41) is 73.8. The first-order valence-corrected chi connectivity index (χ1v) is 38.5. The topological polar surface area (TPSA) is 562 Å². The molecule has 0 amide bonds. The van der Waals surface area contributed by atoms with Gasteiger partial charge in [0.1, 0.15) is 44.8 Å². The summed E-state index contributed by atoms with van der Waals surface area (Å²) in [6, 6.07) is 0. The van der Waals surface area contributed by atoms with Gasteiger partial charge < -0.3 is 73.3 Å². The van der Waals surface area contributed by atoms with Crippen LogP contribution in [0.3, 0.4) is 0 Å². The fraction of sp³-hybridized carbons (Fsp3) is 0.966. The first-order chi connectivity index (χ1) is 44.0. The lowest BCUT2D eigenvalue weighted by Gasteiger charge is -2.70. The number of hydrogen-bond donors (Lipinski definition) is 13. The summed E-state index contributed by atoms with van der Waals surface area (Å²) in [5.41, 5.74) is -47.3. The molecule has 8 unspecified atom stereocenters. The Hall–Kier alpha value is -2.23. The summed E-state index contributed by atoms with van der Waals surface area (Å²) >= 11 is 0. The molecule has 0 radical (unpaired) electrons. The molecule has 4 aliphatic rings. The summed E-state index contributed by atoms with van der Waals surface area (Å²) in [6.07, 6.45) is -0.706. The van der Waals surface area contributed by atoms with Crippen molar-refractivity contribution in [3.63, 3.8) is 0 Å². The van der Waals surface area contributed by atoms with Crippen LogP contribution < -0.4 is 9.44 Å². The molecule has 0 aromatic carbocycles. The Morgan fingerprint density at radius 2 is 0.710 bits per heavy atom. The van der Waals surface area contributed by atoms with Gasteiger partial charge in [0.15, 0.2) is 11.2 Å². The monoisotopic (exact) mass is 1550 g/mol. The maximum atomic E-state index is 13.9. The lowest BCUT2D eigenvalue weighted by atomic mass is 9.46. The van der Waals surface area contributed by atoms with Gasteiger partial charge in [-0.1, -0.05) is 41.5 Å². The summed E-state index contributed by atoms with van der Waals surface area (Å²) in [6.45, 7) is 19.3. The molecule has 0 aromatic rings. The van der Waals surface area contributed by atoms with Crippen LogP contribution in [0.5, 0.6) is 0 Å². The molecule has 0 aliphatic carbocycles. The SMILES string of the molecule is CCOC[C@]1(C)OC(C)(COS(=O)(=O)O)[C@@](C)(COC[C@]2(C)OC(C)(C(=O)O)[C@](C)(COCC[C@]3(C)OC(C)(COS(=O)(=O)O)[C@@](C)(COC[C@]4(C)OC(C)(C(=O)O)[C@@](C)(COCC)[C@@](C)(O)C4(C)OS(=O)(=O)O)[C@@](C)(O)C3(C)NS(=O)(=O)O)[C@@](C)(O)C2(C)O)C(C)(C)C1(C)NS(=O)(=O)O. The number of aliphatic carboxylic acids is 2. The molecule has 4 aliphatic heterocycles. The third-order valence-electron chi connectivity index (χ3n) is 25.6. The highest BCUT2D eigenvalue weighted by Crippen LogP contribution is 2.66. The Morgan fingerprint density at radius 1 is 0.360 bits per heavy atom. The van der Waals surface area contributed by atoms with E-state index in [1.807, 2.05) is 4.72 Å². The Kier molecular flexibility index (Phi) is 24.5. The van der Waals surface area contributed by atoms with Crippen molar-refractivity contribution >= 4 is 63.7 Å². The van der Waals surface area contributed by atoms with Crippen molar-refractivity contribution in [1.29, 1.82) is 0 Å². The van der Waals surface area contributed by atoms with Crippen LogP contribution in [0.2, 0.25) is 0 Å². The van der Waals surface area contributed by atoms with E-state index in [0.717, 1.165) is 83.1 Å². The van der Waals surface area contributed by atoms with Crippen molar-refractivity contribution in [3.05, 3.63) is 0 Å². The van der Waals surface area contributed by atoms with E-state index in [1.165, 1.54) is 69.2 Å². The lowest BCUT2D eigenvalue weighted by molar-refractivity contribution is -0.392. The van der Waals surface area contributed by atoms with E-state index < -0.39 is 241 Å². The van der Waals surface area contributed by atoms with E-state index in [-0.39, 0.29) is 19.8 Å². The average molecular weight is 1550 g/mol. The molecule has 0 spiro atoms. The fourth-order valence-corrected chi connectivity index (χ4v) is 19.3. The second kappa shape index (κ2) is 27.2. The zero-order valence-electron chi connectivity index (χ0n) is 61.0. The molecule has 0 aromatic heterocycles. The fourth-order valence-electron chi connectivity index (χ4n) is 15.9. The molecule has 4 rings (SSSR count). The highest BCUT2D eigenvalue weighted by Gasteiger charge is 2.81. The Bertz CT molecular complexity index is 3660. The normalized spacial score (nSPS) is 45.2. The van der Waals surface area contributed by atoms with Gasteiger partial charge in [0, 0.05) is 31.7 Å². The molecule has 37 nitrogen and oxygen atoms in total. The van der Waals surface area contributed by atoms with Crippen LogP contribution in [0.4, 0.5) is 0 Å². The van der Waals surface area contributed by atoms with Crippen molar-refractivity contribution in [2.24, 2.45) is 27.1 Å². The Morgan fingerprint density at radius 3 is 1.12 bits per heavy atom. The van der Waals surface area contributed by atoms with Crippen molar-refractivity contribution in [2.45, 2.75) is 250 Å². The molecular formula is C58H108N2O35S5. The van der Waals surface area contributed by atoms with E-state index in [0.29, 0.717) is 0 Å². The number of aliphatic hydroxyl groups is 4. The lowest BCUT2D eigenvalue weighted by Crippen LogP contribution is -2.86. The van der Waals surface area contributed by atoms with Gasteiger partial charge in [-0.05, 0) is 123 Å². The Labute approximate surface area is 586 Å². The molecular weight excluding hydrogens is 1440 g/mol. The number of hydrogen-bond acceptors (Lipinski definition) is 28. The van der Waals surface area contributed by atoms with E-state index in [1.54, 1.807) is 6.92 Å². The molecule has 4 heterocycles. The van der Waals surface area contributed by atoms with Crippen molar-refractivity contribution in [3.8, 4) is 0 Å². The van der Waals surface area contributed by atoms with E-state index in [2.05, 4.69) is 4.72 Å². The van der Waals surface area contributed by atoms with Gasteiger partial charge >= 0.3 is 63.7 Å². The molecule has 590 valence electrons. The molecule has 4 saturated heterocycles. The maximum Gasteiger partial charge on any atom is 0.398 e. The standard InChI is InChI=1S/C58H108N2O35S5/c1-24-84-30-43(8)51(16,38(63)64)94-49(14,58(23,56(43,21)67)95-100(81,82)83)34-88-29-41(6)46(11,36-90-99(78,79)80)91-44(9,53(18,54(41,19)65)60-97(72,73)74)26-27-86-31-42(7)50(15,37(61)62)93-48(13,57(22,68)55(42,20)66)33-87-28-40(5)39(3,4)52(17,59-96(69,70)71)47(12,32-85-25-2)92-45(40,10)35-89-98(75,76)77/h59-60,65-68H,24-36H2,1-23H3,(H,61,62)(H,63,64)(H,69,70,71)(H,72,73,74)(H,75,76,77)(H,78,79,80)(H,81,82,83)/t40-,41+,42-,43+,44-,45?,46?,47-,48-,49-,50?,51?,52?,53?,54+,55+,56+,57?,58?/m0/s1. The molecule has 0 saturated carbocycles. The summed E-state index contributed by atoms with van der Waals surface area (Å²) in [5.74, 6) is -3.50. The number of carbonyl (C=O) groups is 2. The first-order valence-electron chi connectivity index (χ1n) is 31.5. The van der Waals surface area contributed by atoms with Gasteiger partial charge in [0.2, 0.25) is 0 Å². The second-order valence-corrected chi connectivity index (χ2v) is 36.6. The zero-order valence-corrected chi connectivity index (χ0v) is 65.0. The number of rotatable bonds is 33. The smallest absolute Gasteiger partial charge is 0.398 e. The van der Waals surface area contributed by atoms with Gasteiger partial charge in [0.25, 0.3) is 0 Å². The van der Waals surface area contributed by atoms with Crippen LogP contribution in [0, 0.1) is 27.1 Å². The van der Waals surface area contributed by atoms with Crippen LogP contribution in [0.25, 0.3) is 0 Å². The van der Waals surface area contributed by atoms with Gasteiger partial charge in [0.05, 0.1) is 104 Å². The summed E-state index contributed by atoms with van der Waals surface area (Å²) in [4.78, 5) is 27.2. The predicted molar refractivity (Wildman–Crippen MR) is 348 cm³/mol. The minimum Gasteiger partial charge on any atom is -0.479 e. The highest BCUT2D eigenvalue weighted by atomic mass is 32.3. The van der Waals surface area contributed by atoms with E-state index in [9.17, 15) is 105 Å². The van der Waals surface area contributed by atoms with Crippen LogP contribution in [0.15, 0.2) is 0 Å². The number of carboxylic acid groups (broad SMARTS) is 2. The zero-order chi connectivity index (χ0) is 78.7. The molecule has 19 atom stereocenters. The van der Waals surface area contributed by atoms with Gasteiger partial charge in [-0.2, -0.15) is 51.5 Å². The average Bonchev–Trinajstić information content (AvgIpc) is 0.697. The van der Waals surface area contributed by atoms with Crippen molar-refractivity contribution in [1.82, 2.24) is 9.44 Å². The van der Waals surface area contributed by atoms with Gasteiger partial charge in [-0.25, -0.2) is 22.1 Å². The van der Waals surface area contributed by atoms with E-state index in [4.69, 9.17) is 55.2 Å². The highest BCUT2D eigenvalue weighted by molar-refractivity contribution is 7.84. The molecule has 0 bridgehead atoms. The number of carboxylic acids is 2. The minimum absolute atomic E-state index is 0.0553. The maximum absolute atomic E-state index is 13.9. The minimum atomic E-state index is -5.64. The quantitative estimate of drug-likeness (QED) is 0.0326.